The number of aryl methyl sites for hydroxylation is 2. The molecule has 0 bridgehead atoms. The van der Waals surface area contributed by atoms with Crippen LogP contribution in [0.3, 0.4) is 0 Å². The van der Waals surface area contributed by atoms with Crippen LogP contribution >= 0.6 is 23.8 Å². The van der Waals surface area contributed by atoms with E-state index in [4.69, 9.17) is 23.8 Å². The predicted octanol–water partition coefficient (Wildman–Crippen LogP) is 4.73. The molecule has 0 aliphatic heterocycles. The molecule has 1 heterocycles. The maximum Gasteiger partial charge on any atom is 0.178 e. The standard InChI is InChI=1S/C15H12ClFN2S/c16-11-3-1-10(2-4-11)7-8-19-14-6-5-12(17)9-13(14)18-15(19)20/h1-6,9H,7-8H2,(H,18,20). The Bertz CT molecular complexity index is 805. The maximum absolute atomic E-state index is 13.2. The minimum Gasteiger partial charge on any atom is -0.330 e. The molecule has 0 spiro atoms. The van der Waals surface area contributed by atoms with Crippen molar-refractivity contribution in [1.29, 1.82) is 0 Å². The normalized spacial score (nSPS) is 11.1. The monoisotopic (exact) mass is 306 g/mol. The van der Waals surface area contributed by atoms with Gasteiger partial charge in [0.05, 0.1) is 11.0 Å². The first kappa shape index (κ1) is 13.3. The van der Waals surface area contributed by atoms with E-state index >= 15 is 0 Å². The Balaban J connectivity index is 1.89. The number of rotatable bonds is 3. The Hall–Kier alpha value is -1.65. The van der Waals surface area contributed by atoms with E-state index < -0.39 is 0 Å². The summed E-state index contributed by atoms with van der Waals surface area (Å²) >= 11 is 11.2. The van der Waals surface area contributed by atoms with E-state index in [9.17, 15) is 4.39 Å². The van der Waals surface area contributed by atoms with Gasteiger partial charge in [-0.05, 0) is 54.5 Å². The van der Waals surface area contributed by atoms with E-state index in [0.717, 1.165) is 29.0 Å². The topological polar surface area (TPSA) is 20.7 Å². The summed E-state index contributed by atoms with van der Waals surface area (Å²) in [5.41, 5.74) is 2.84. The van der Waals surface area contributed by atoms with Crippen LogP contribution in [0.25, 0.3) is 11.0 Å². The molecule has 2 nitrogen and oxygen atoms in total. The van der Waals surface area contributed by atoms with Crippen molar-refractivity contribution in [3.8, 4) is 0 Å². The first-order valence-electron chi connectivity index (χ1n) is 6.26. The number of imidazole rings is 1. The molecule has 0 aliphatic rings. The fourth-order valence-electron chi connectivity index (χ4n) is 2.25. The van der Waals surface area contributed by atoms with Crippen LogP contribution in [0.5, 0.6) is 0 Å². The summed E-state index contributed by atoms with van der Waals surface area (Å²) < 4.78 is 15.8. The zero-order valence-corrected chi connectivity index (χ0v) is 12.1. The molecule has 5 heteroatoms. The summed E-state index contributed by atoms with van der Waals surface area (Å²) in [5, 5.41) is 0.730. The van der Waals surface area contributed by atoms with Gasteiger partial charge in [0.25, 0.3) is 0 Å². The lowest BCUT2D eigenvalue weighted by Gasteiger charge is -2.05. The van der Waals surface area contributed by atoms with Crippen molar-refractivity contribution in [3.63, 3.8) is 0 Å². The average molecular weight is 307 g/mol. The Morgan fingerprint density at radius 1 is 1.15 bits per heavy atom. The van der Waals surface area contributed by atoms with Gasteiger partial charge in [0, 0.05) is 11.6 Å². The van der Waals surface area contributed by atoms with Crippen molar-refractivity contribution >= 4 is 34.9 Å². The number of aromatic nitrogens is 2. The Kier molecular flexibility index (Phi) is 3.59. The minimum absolute atomic E-state index is 0.265. The molecule has 1 aromatic heterocycles. The number of nitrogens with one attached hydrogen (secondary N) is 1. The number of nitrogens with zero attached hydrogens (tertiary/aromatic N) is 1. The fraction of sp³-hybridized carbons (Fsp3) is 0.133. The van der Waals surface area contributed by atoms with Gasteiger partial charge in [-0.2, -0.15) is 0 Å². The number of halogens is 2. The highest BCUT2D eigenvalue weighted by molar-refractivity contribution is 7.71. The maximum atomic E-state index is 13.2. The predicted molar refractivity (Wildman–Crippen MR) is 82.2 cm³/mol. The molecular formula is C15H12ClFN2S. The van der Waals surface area contributed by atoms with Gasteiger partial charge < -0.3 is 9.55 Å². The van der Waals surface area contributed by atoms with Gasteiger partial charge in [0.1, 0.15) is 5.82 Å². The highest BCUT2D eigenvalue weighted by Crippen LogP contribution is 2.17. The largest absolute Gasteiger partial charge is 0.330 e. The SMILES string of the molecule is Fc1ccc2c(c1)[nH]c(=S)n2CCc1ccc(Cl)cc1. The quantitative estimate of drug-likeness (QED) is 0.694. The lowest BCUT2D eigenvalue weighted by molar-refractivity contribution is 0.629. The Labute approximate surface area is 125 Å². The molecule has 0 aliphatic carbocycles. The van der Waals surface area contributed by atoms with Gasteiger partial charge in [-0.25, -0.2) is 4.39 Å². The summed E-state index contributed by atoms with van der Waals surface area (Å²) in [4.78, 5) is 3.03. The molecule has 0 amide bonds. The van der Waals surface area contributed by atoms with Crippen LogP contribution in [0.15, 0.2) is 42.5 Å². The molecular weight excluding hydrogens is 295 g/mol. The first-order valence-corrected chi connectivity index (χ1v) is 7.04. The van der Waals surface area contributed by atoms with E-state index in [1.54, 1.807) is 6.07 Å². The lowest BCUT2D eigenvalue weighted by Crippen LogP contribution is -2.01. The summed E-state index contributed by atoms with van der Waals surface area (Å²) in [6.07, 6.45) is 0.843. The third-order valence-electron chi connectivity index (χ3n) is 3.27. The van der Waals surface area contributed by atoms with Gasteiger partial charge >= 0.3 is 0 Å². The van der Waals surface area contributed by atoms with Crippen LogP contribution in [0.1, 0.15) is 5.56 Å². The van der Waals surface area contributed by atoms with Crippen molar-refractivity contribution < 1.29 is 4.39 Å². The van der Waals surface area contributed by atoms with E-state index in [-0.39, 0.29) is 5.82 Å². The molecule has 0 saturated carbocycles. The number of hydrogen-bond donors (Lipinski definition) is 1. The number of H-pyrrole nitrogens is 1. The summed E-state index contributed by atoms with van der Waals surface area (Å²) in [6.45, 7) is 0.742. The second-order valence-corrected chi connectivity index (χ2v) is 5.44. The van der Waals surface area contributed by atoms with Crippen LogP contribution in [-0.4, -0.2) is 9.55 Å². The van der Waals surface area contributed by atoms with Gasteiger partial charge in [0.2, 0.25) is 0 Å². The Morgan fingerprint density at radius 2 is 1.90 bits per heavy atom. The molecule has 20 heavy (non-hydrogen) atoms. The van der Waals surface area contributed by atoms with E-state index in [1.807, 2.05) is 28.8 Å². The van der Waals surface area contributed by atoms with E-state index in [0.29, 0.717) is 4.77 Å². The number of fused-ring (bicyclic) bond motifs is 1. The Morgan fingerprint density at radius 3 is 2.65 bits per heavy atom. The van der Waals surface area contributed by atoms with Crippen molar-refractivity contribution in [2.75, 3.05) is 0 Å². The molecule has 3 aromatic rings. The zero-order valence-electron chi connectivity index (χ0n) is 10.6. The summed E-state index contributed by atoms with van der Waals surface area (Å²) in [5.74, 6) is -0.265. The van der Waals surface area contributed by atoms with Gasteiger partial charge in [-0.3, -0.25) is 0 Å². The molecule has 3 rings (SSSR count). The third-order valence-corrected chi connectivity index (χ3v) is 3.85. The van der Waals surface area contributed by atoms with Crippen LogP contribution < -0.4 is 0 Å². The van der Waals surface area contributed by atoms with E-state index in [1.165, 1.54) is 17.7 Å². The second-order valence-electron chi connectivity index (χ2n) is 4.62. The third kappa shape index (κ3) is 2.62. The van der Waals surface area contributed by atoms with Crippen molar-refractivity contribution in [1.82, 2.24) is 9.55 Å². The molecule has 0 radical (unpaired) electrons. The molecule has 1 N–H and O–H groups in total. The molecule has 0 saturated heterocycles. The first-order chi connectivity index (χ1) is 9.63. The highest BCUT2D eigenvalue weighted by Gasteiger charge is 2.05. The fourth-order valence-corrected chi connectivity index (χ4v) is 2.68. The summed E-state index contributed by atoms with van der Waals surface area (Å²) in [7, 11) is 0. The number of aromatic amines is 1. The van der Waals surface area contributed by atoms with Crippen molar-refractivity contribution in [2.45, 2.75) is 13.0 Å². The van der Waals surface area contributed by atoms with Crippen LogP contribution in [0.4, 0.5) is 4.39 Å². The van der Waals surface area contributed by atoms with Crippen LogP contribution in [-0.2, 0) is 13.0 Å². The lowest BCUT2D eigenvalue weighted by atomic mass is 10.1. The van der Waals surface area contributed by atoms with Gasteiger partial charge in [-0.1, -0.05) is 23.7 Å². The van der Waals surface area contributed by atoms with E-state index in [2.05, 4.69) is 4.98 Å². The molecule has 0 unspecified atom stereocenters. The van der Waals surface area contributed by atoms with Crippen LogP contribution in [0, 0.1) is 10.6 Å². The highest BCUT2D eigenvalue weighted by atomic mass is 35.5. The zero-order chi connectivity index (χ0) is 14.1. The second kappa shape index (κ2) is 5.38. The average Bonchev–Trinajstić information content (AvgIpc) is 2.73. The van der Waals surface area contributed by atoms with Crippen molar-refractivity contribution in [2.24, 2.45) is 0 Å². The molecule has 2 aromatic carbocycles. The number of benzene rings is 2. The molecule has 102 valence electrons. The number of hydrogen-bond acceptors (Lipinski definition) is 1. The van der Waals surface area contributed by atoms with Crippen molar-refractivity contribution in [3.05, 3.63) is 63.6 Å². The minimum atomic E-state index is -0.265. The van der Waals surface area contributed by atoms with Gasteiger partial charge in [-0.15, -0.1) is 0 Å². The summed E-state index contributed by atoms with van der Waals surface area (Å²) in [6, 6.07) is 12.4. The smallest absolute Gasteiger partial charge is 0.178 e. The molecule has 0 atom stereocenters. The molecule has 0 fully saturated rings. The van der Waals surface area contributed by atoms with Gasteiger partial charge in [0.15, 0.2) is 4.77 Å². The van der Waals surface area contributed by atoms with Crippen LogP contribution in [0.2, 0.25) is 5.02 Å².